The van der Waals surface area contributed by atoms with E-state index in [9.17, 15) is 0 Å². The number of benzene rings is 8. The van der Waals surface area contributed by atoms with Crippen molar-refractivity contribution in [1.82, 2.24) is 19.1 Å². The molecule has 0 atom stereocenters. The topological polar surface area (TPSA) is 35.6 Å². The summed E-state index contributed by atoms with van der Waals surface area (Å²) in [5, 5.41) is 4.94. The van der Waals surface area contributed by atoms with Gasteiger partial charge in [-0.15, -0.1) is 0 Å². The first-order valence-electron chi connectivity index (χ1n) is 21.4. The minimum atomic E-state index is 0.669. The zero-order valence-corrected chi connectivity index (χ0v) is 34.9. The number of fused-ring (bicyclic) bond motifs is 6. The molecule has 0 aliphatic heterocycles. The maximum absolute atomic E-state index is 5.03. The fourth-order valence-corrected chi connectivity index (χ4v) is 8.94. The van der Waals surface area contributed by atoms with Gasteiger partial charge >= 0.3 is 0 Å². The molecule has 8 aromatic carbocycles. The summed E-state index contributed by atoms with van der Waals surface area (Å²) in [6, 6.07) is 73.1. The predicted octanol–water partition coefficient (Wildman–Crippen LogP) is 15.3. The van der Waals surface area contributed by atoms with E-state index in [0.717, 1.165) is 50.6 Å². The Hall–Kier alpha value is -8.34. The van der Waals surface area contributed by atoms with Crippen molar-refractivity contribution in [3.63, 3.8) is 0 Å². The monoisotopic (exact) mass is 806 g/mol. The number of nitrogens with zero attached hydrogens (tertiary/aromatic N) is 4. The van der Waals surface area contributed by atoms with Crippen molar-refractivity contribution in [2.75, 3.05) is 0 Å². The molecule has 298 valence electrons. The maximum Gasteiger partial charge on any atom is 0.160 e. The Morgan fingerprint density at radius 1 is 0.413 bits per heavy atom. The van der Waals surface area contributed by atoms with Crippen LogP contribution < -0.4 is 0 Å². The Morgan fingerprint density at radius 3 is 1.37 bits per heavy atom. The van der Waals surface area contributed by atoms with Crippen LogP contribution in [0.2, 0.25) is 0 Å². The molecule has 0 saturated carbocycles. The highest BCUT2D eigenvalue weighted by atomic mass is 15.0. The first-order chi connectivity index (χ1) is 31.1. The van der Waals surface area contributed by atoms with Crippen LogP contribution in [0.25, 0.3) is 99.8 Å². The minimum Gasteiger partial charge on any atom is -0.309 e. The molecule has 0 unspecified atom stereocenters. The van der Waals surface area contributed by atoms with E-state index in [1.54, 1.807) is 0 Å². The van der Waals surface area contributed by atoms with Gasteiger partial charge in [-0.1, -0.05) is 164 Å². The van der Waals surface area contributed by atoms with Gasteiger partial charge in [-0.2, -0.15) is 0 Å². The van der Waals surface area contributed by atoms with Gasteiger partial charge in [-0.3, -0.25) is 0 Å². The van der Waals surface area contributed by atoms with Crippen molar-refractivity contribution in [3.8, 4) is 45.0 Å². The Bertz CT molecular complexity index is 3500. The molecule has 3 aromatic heterocycles. The Kier molecular flexibility index (Phi) is 9.52. The molecule has 3 heterocycles. The molecule has 0 saturated heterocycles. The number of rotatable bonds is 9. The number of hydrogen-bond donors (Lipinski definition) is 0. The van der Waals surface area contributed by atoms with E-state index in [2.05, 4.69) is 204 Å². The quantitative estimate of drug-likeness (QED) is 0.136. The highest BCUT2D eigenvalue weighted by molar-refractivity contribution is 6.12. The van der Waals surface area contributed by atoms with Crippen LogP contribution in [0.4, 0.5) is 0 Å². The largest absolute Gasteiger partial charge is 0.309 e. The second-order valence-electron chi connectivity index (χ2n) is 15.8. The molecule has 0 spiro atoms. The number of allylic oxidation sites excluding steroid dienone is 5. The third-order valence-corrected chi connectivity index (χ3v) is 12.1. The van der Waals surface area contributed by atoms with Gasteiger partial charge in [0.25, 0.3) is 0 Å². The molecule has 63 heavy (non-hydrogen) atoms. The SMILES string of the molecule is C=C(/C=C\C(=C/C)c1nc(-c2ccccc2)cc(-c2ccccc2)n1)c1ccc(-n2c3ccccc3c3cc(-c4ccc5c(c4)c4ccccc4n5-c4ccccc4)ccc32)cc1. The van der Waals surface area contributed by atoms with Crippen molar-refractivity contribution in [1.29, 1.82) is 0 Å². The molecular formula is C59H42N4. The van der Waals surface area contributed by atoms with Crippen molar-refractivity contribution in [2.24, 2.45) is 0 Å². The number of aromatic nitrogens is 4. The summed E-state index contributed by atoms with van der Waals surface area (Å²) in [5.74, 6) is 0.669. The lowest BCUT2D eigenvalue weighted by Gasteiger charge is -2.11. The molecule has 0 aliphatic carbocycles. The number of hydrogen-bond acceptors (Lipinski definition) is 2. The third-order valence-electron chi connectivity index (χ3n) is 12.1. The molecule has 0 bridgehead atoms. The fourth-order valence-electron chi connectivity index (χ4n) is 8.94. The highest BCUT2D eigenvalue weighted by Gasteiger charge is 2.17. The lowest BCUT2D eigenvalue weighted by Crippen LogP contribution is -1.98. The molecule has 0 fully saturated rings. The summed E-state index contributed by atoms with van der Waals surface area (Å²) >= 11 is 0. The first-order valence-corrected chi connectivity index (χ1v) is 21.4. The van der Waals surface area contributed by atoms with Gasteiger partial charge in [0.2, 0.25) is 0 Å². The smallest absolute Gasteiger partial charge is 0.160 e. The minimum absolute atomic E-state index is 0.669. The summed E-state index contributed by atoms with van der Waals surface area (Å²) in [7, 11) is 0. The van der Waals surface area contributed by atoms with Crippen LogP contribution >= 0.6 is 0 Å². The van der Waals surface area contributed by atoms with Gasteiger partial charge in [-0.25, -0.2) is 9.97 Å². The molecule has 0 amide bonds. The van der Waals surface area contributed by atoms with Crippen LogP contribution in [0, 0.1) is 0 Å². The molecular weight excluding hydrogens is 765 g/mol. The maximum atomic E-state index is 5.03. The molecule has 0 aliphatic rings. The third kappa shape index (κ3) is 6.84. The van der Waals surface area contributed by atoms with Crippen molar-refractivity contribution < 1.29 is 0 Å². The van der Waals surface area contributed by atoms with Gasteiger partial charge in [0.15, 0.2) is 5.82 Å². The van der Waals surface area contributed by atoms with Crippen LogP contribution in [0.5, 0.6) is 0 Å². The normalized spacial score (nSPS) is 12.0. The Balaban J connectivity index is 0.908. The van der Waals surface area contributed by atoms with Crippen molar-refractivity contribution >= 4 is 54.8 Å². The highest BCUT2D eigenvalue weighted by Crippen LogP contribution is 2.38. The Morgan fingerprint density at radius 2 is 0.857 bits per heavy atom. The van der Waals surface area contributed by atoms with Gasteiger partial charge in [0.1, 0.15) is 0 Å². The summed E-state index contributed by atoms with van der Waals surface area (Å²) in [6.07, 6.45) is 6.19. The van der Waals surface area contributed by atoms with E-state index in [0.29, 0.717) is 5.82 Å². The fraction of sp³-hybridized carbons (Fsp3) is 0.0169. The van der Waals surface area contributed by atoms with E-state index in [1.807, 2.05) is 43.3 Å². The van der Waals surface area contributed by atoms with E-state index < -0.39 is 0 Å². The average molecular weight is 807 g/mol. The summed E-state index contributed by atoms with van der Waals surface area (Å²) < 4.78 is 4.73. The first kappa shape index (κ1) is 37.6. The van der Waals surface area contributed by atoms with E-state index >= 15 is 0 Å². The van der Waals surface area contributed by atoms with Crippen molar-refractivity contribution in [2.45, 2.75) is 6.92 Å². The van der Waals surface area contributed by atoms with E-state index in [-0.39, 0.29) is 0 Å². The van der Waals surface area contributed by atoms with Crippen LogP contribution in [0.15, 0.2) is 231 Å². The molecule has 11 rings (SSSR count). The zero-order valence-electron chi connectivity index (χ0n) is 34.9. The molecule has 0 N–H and O–H groups in total. The Labute approximate surface area is 366 Å². The predicted molar refractivity (Wildman–Crippen MR) is 265 cm³/mol. The van der Waals surface area contributed by atoms with Gasteiger partial charge < -0.3 is 9.13 Å². The summed E-state index contributed by atoms with van der Waals surface area (Å²) in [6.45, 7) is 6.50. The summed E-state index contributed by atoms with van der Waals surface area (Å²) in [5.41, 5.74) is 16.1. The average Bonchev–Trinajstić information content (AvgIpc) is 3.87. The lowest BCUT2D eigenvalue weighted by molar-refractivity contribution is 1.13. The summed E-state index contributed by atoms with van der Waals surface area (Å²) in [4.78, 5) is 10.1. The molecule has 4 heteroatoms. The second kappa shape index (κ2) is 15.9. The van der Waals surface area contributed by atoms with Crippen LogP contribution in [-0.2, 0) is 0 Å². The molecule has 11 aromatic rings. The lowest BCUT2D eigenvalue weighted by atomic mass is 10.0. The van der Waals surface area contributed by atoms with Crippen molar-refractivity contribution in [3.05, 3.63) is 242 Å². The van der Waals surface area contributed by atoms with Gasteiger partial charge in [0.05, 0.1) is 33.5 Å². The van der Waals surface area contributed by atoms with E-state index in [4.69, 9.17) is 9.97 Å². The van der Waals surface area contributed by atoms with Crippen LogP contribution in [0.1, 0.15) is 18.3 Å². The van der Waals surface area contributed by atoms with Gasteiger partial charge in [-0.05, 0) is 95.9 Å². The van der Waals surface area contributed by atoms with Crippen LogP contribution in [0.3, 0.4) is 0 Å². The second-order valence-corrected chi connectivity index (χ2v) is 15.8. The van der Waals surface area contributed by atoms with Crippen LogP contribution in [-0.4, -0.2) is 19.1 Å². The molecule has 0 radical (unpaired) electrons. The number of para-hydroxylation sites is 3. The van der Waals surface area contributed by atoms with Gasteiger partial charge in [0, 0.05) is 49.6 Å². The standard InChI is InChI=1S/C59H42N4/c1-3-41(59-60-53(43-17-7-4-8-18-43)39-54(61-59)44-19-9-5-10-20-44)28-27-40(2)42-29-33-48(34-30-42)63-56-26-16-14-24-50(56)52-38-46(32-36-58(52)63)45-31-35-57-51(37-45)49-23-13-15-25-55(49)62(57)47-21-11-6-12-22-47/h3-39H,2H2,1H3/b28-27-,41-3+. The molecule has 4 nitrogen and oxygen atoms in total. The zero-order chi connectivity index (χ0) is 42.3. The van der Waals surface area contributed by atoms with E-state index in [1.165, 1.54) is 54.7 Å².